The first-order valence-electron chi connectivity index (χ1n) is 6.28. The third-order valence-electron chi connectivity index (χ3n) is 2.66. The van der Waals surface area contributed by atoms with E-state index in [0.717, 1.165) is 0 Å². The van der Waals surface area contributed by atoms with Gasteiger partial charge in [-0.2, -0.15) is 0 Å². The summed E-state index contributed by atoms with van der Waals surface area (Å²) in [5.41, 5.74) is 5.35. The molecule has 4 nitrogen and oxygen atoms in total. The monoisotopic (exact) mass is 370 g/mol. The second-order valence-corrected chi connectivity index (χ2v) is 6.79. The molecule has 0 aliphatic rings. The normalized spacial score (nSPS) is 11.8. The van der Waals surface area contributed by atoms with Gasteiger partial charge in [-0.1, -0.05) is 20.8 Å². The molecule has 0 aliphatic heterocycles. The summed E-state index contributed by atoms with van der Waals surface area (Å²) >= 11 is -0.208. The van der Waals surface area contributed by atoms with E-state index in [0.29, 0.717) is 6.42 Å². The van der Waals surface area contributed by atoms with E-state index in [1.54, 1.807) is 0 Å². The molecule has 104 valence electrons. The molecule has 0 saturated heterocycles. The van der Waals surface area contributed by atoms with Crippen LogP contribution < -0.4 is 5.73 Å². The summed E-state index contributed by atoms with van der Waals surface area (Å²) in [6.45, 7) is 10.1. The van der Waals surface area contributed by atoms with Gasteiger partial charge < -0.3 is 4.90 Å². The van der Waals surface area contributed by atoms with Crippen molar-refractivity contribution in [2.24, 2.45) is 5.73 Å². The molecule has 1 unspecified atom stereocenters. The molecule has 0 fully saturated rings. The summed E-state index contributed by atoms with van der Waals surface area (Å²) in [5, 5.41) is 8.48. The third kappa shape index (κ3) is 7.88. The van der Waals surface area contributed by atoms with E-state index >= 15 is 0 Å². The van der Waals surface area contributed by atoms with Crippen molar-refractivity contribution in [2.45, 2.75) is 33.2 Å². The van der Waals surface area contributed by atoms with Gasteiger partial charge >= 0.3 is 74.3 Å². The van der Waals surface area contributed by atoms with Gasteiger partial charge in [0, 0.05) is 0 Å². The zero-order chi connectivity index (χ0) is 14.0. The number of rotatable bonds is 6. The van der Waals surface area contributed by atoms with Gasteiger partial charge in [-0.05, 0) is 19.6 Å². The predicted octanol–water partition coefficient (Wildman–Crippen LogP) is 1.05. The van der Waals surface area contributed by atoms with E-state index < -0.39 is 12.0 Å². The minimum absolute atomic E-state index is 0.208. The number of nitrogens with zero attached hydrogens (tertiary/aromatic N) is 1. The van der Waals surface area contributed by atoms with Crippen molar-refractivity contribution in [3.8, 4) is 0 Å². The van der Waals surface area contributed by atoms with Crippen LogP contribution in [0.1, 0.15) is 24.4 Å². The van der Waals surface area contributed by atoms with Crippen molar-refractivity contribution < 1.29 is 9.90 Å². The van der Waals surface area contributed by atoms with Crippen molar-refractivity contribution in [3.63, 3.8) is 0 Å². The van der Waals surface area contributed by atoms with Crippen molar-refractivity contribution in [1.82, 2.24) is 4.90 Å². The van der Waals surface area contributed by atoms with Crippen molar-refractivity contribution in [3.05, 3.63) is 19.8 Å². The number of carboxylic acid groups (broad SMARTS) is 1. The molecule has 0 radical (unpaired) electrons. The summed E-state index contributed by atoms with van der Waals surface area (Å²) in [6, 6.07) is 3.24. The Bertz CT molecular complexity index is 305. The van der Waals surface area contributed by atoms with Gasteiger partial charge in [0.2, 0.25) is 0 Å². The molecule has 3 N–H and O–H groups in total. The zero-order valence-electron chi connectivity index (χ0n) is 11.4. The van der Waals surface area contributed by atoms with Gasteiger partial charge in [0.15, 0.2) is 0 Å². The molecule has 0 amide bonds. The fraction of sp³-hybridized carbons (Fsp3) is 0.615. The standard InChI is InChI=1S/C7H9NO2Te.C6H15N/c8-6(7(9)10)4-5-2-1-3-11-5;1-4-7(5-2)6-3/h1-3,6H,4,8H2,(H,9,10);4-6H2,1-3H3. The van der Waals surface area contributed by atoms with E-state index in [2.05, 4.69) is 29.8 Å². The molecule has 1 rings (SSSR count). The van der Waals surface area contributed by atoms with E-state index in [1.807, 2.05) is 12.1 Å². The Morgan fingerprint density at radius 1 is 1.39 bits per heavy atom. The van der Waals surface area contributed by atoms with Crippen LogP contribution in [0, 0.1) is 0 Å². The predicted molar refractivity (Wildman–Crippen MR) is 76.2 cm³/mol. The Kier molecular flexibility index (Phi) is 10.4. The van der Waals surface area contributed by atoms with Crippen molar-refractivity contribution >= 4 is 26.4 Å². The maximum atomic E-state index is 10.3. The second-order valence-electron chi connectivity index (χ2n) is 3.85. The average Bonchev–Trinajstić information content (AvgIpc) is 2.85. The van der Waals surface area contributed by atoms with Gasteiger partial charge in [0.25, 0.3) is 0 Å². The summed E-state index contributed by atoms with van der Waals surface area (Å²) in [4.78, 5) is 12.7. The Balaban J connectivity index is 0.000000360. The van der Waals surface area contributed by atoms with Crippen LogP contribution in [0.5, 0.6) is 0 Å². The fourth-order valence-electron chi connectivity index (χ4n) is 1.40. The number of carboxylic acids is 1. The van der Waals surface area contributed by atoms with Crippen LogP contribution in [0.4, 0.5) is 0 Å². The van der Waals surface area contributed by atoms with Gasteiger partial charge in [-0.15, -0.1) is 0 Å². The number of hydrogen-bond acceptors (Lipinski definition) is 3. The molecular formula is C13H24N2O2Te. The molecule has 0 aliphatic carbocycles. The molecule has 0 saturated carbocycles. The van der Waals surface area contributed by atoms with E-state index in [4.69, 9.17) is 10.8 Å². The summed E-state index contributed by atoms with van der Waals surface area (Å²) in [6.07, 6.45) is 0.518. The number of aliphatic carboxylic acids is 1. The molecule has 1 aromatic rings. The average molecular weight is 368 g/mol. The quantitative estimate of drug-likeness (QED) is 0.737. The Morgan fingerprint density at radius 3 is 2.22 bits per heavy atom. The number of hydrogen-bond donors (Lipinski definition) is 2. The first-order valence-corrected chi connectivity index (χ1v) is 8.79. The van der Waals surface area contributed by atoms with Crippen LogP contribution in [-0.2, 0) is 11.2 Å². The second kappa shape index (κ2) is 10.6. The van der Waals surface area contributed by atoms with Crippen LogP contribution in [0.3, 0.4) is 0 Å². The molecule has 0 spiro atoms. The van der Waals surface area contributed by atoms with Gasteiger partial charge in [0.1, 0.15) is 0 Å². The van der Waals surface area contributed by atoms with Crippen molar-refractivity contribution in [2.75, 3.05) is 19.6 Å². The molecule has 18 heavy (non-hydrogen) atoms. The van der Waals surface area contributed by atoms with Gasteiger partial charge in [-0.25, -0.2) is 0 Å². The summed E-state index contributed by atoms with van der Waals surface area (Å²) in [7, 11) is 0. The van der Waals surface area contributed by atoms with Gasteiger partial charge in [0.05, 0.1) is 0 Å². The number of carbonyl (C=O) groups is 1. The molecule has 0 aromatic carbocycles. The molecule has 0 bridgehead atoms. The fourth-order valence-corrected chi connectivity index (χ4v) is 3.59. The molecule has 5 heteroatoms. The van der Waals surface area contributed by atoms with E-state index in [1.165, 1.54) is 23.2 Å². The van der Waals surface area contributed by atoms with E-state index in [-0.39, 0.29) is 20.4 Å². The number of nitrogens with two attached hydrogens (primary N) is 1. The third-order valence-corrected chi connectivity index (χ3v) is 5.23. The summed E-state index contributed by atoms with van der Waals surface area (Å²) in [5.74, 6) is -0.912. The zero-order valence-corrected chi connectivity index (χ0v) is 13.8. The Labute approximate surface area is 119 Å². The molecule has 1 atom stereocenters. The Hall–Kier alpha value is -0.340. The SMILES string of the molecule is CCN(CC)CC.NC(Cc1ccc[te]1)C(=O)O. The molecule has 1 heterocycles. The van der Waals surface area contributed by atoms with Gasteiger partial charge in [-0.3, -0.25) is 0 Å². The molecular weight excluding hydrogens is 344 g/mol. The Morgan fingerprint density at radius 2 is 1.94 bits per heavy atom. The first kappa shape index (κ1) is 17.7. The minimum atomic E-state index is -0.912. The van der Waals surface area contributed by atoms with Crippen molar-refractivity contribution in [1.29, 1.82) is 0 Å². The van der Waals surface area contributed by atoms with Crippen LogP contribution in [-0.4, -0.2) is 62.1 Å². The van der Waals surface area contributed by atoms with Crippen LogP contribution in [0.15, 0.2) is 16.2 Å². The maximum absolute atomic E-state index is 10.3. The first-order chi connectivity index (χ1) is 8.54. The van der Waals surface area contributed by atoms with E-state index in [9.17, 15) is 4.79 Å². The van der Waals surface area contributed by atoms with Crippen LogP contribution in [0.2, 0.25) is 0 Å². The molecule has 1 aromatic heterocycles. The van der Waals surface area contributed by atoms with Crippen LogP contribution in [0.25, 0.3) is 0 Å². The van der Waals surface area contributed by atoms with Crippen LogP contribution >= 0.6 is 0 Å². The summed E-state index contributed by atoms with van der Waals surface area (Å²) < 4.78 is 3.35. The topological polar surface area (TPSA) is 66.6 Å².